The molecule has 3 N–H and O–H groups in total. The number of carbonyl (C=O) groups is 2. The van der Waals surface area contributed by atoms with Crippen molar-refractivity contribution in [2.45, 2.75) is 39.2 Å². The number of hydrogen-bond donors (Lipinski definition) is 3. The molecular weight excluding hydrogens is 272 g/mol. The lowest BCUT2D eigenvalue weighted by Gasteiger charge is -2.14. The summed E-state index contributed by atoms with van der Waals surface area (Å²) in [5, 5.41) is 14.1. The number of ether oxygens (including phenoxy) is 1. The number of aliphatic carboxylic acids is 1. The second-order valence-electron chi connectivity index (χ2n) is 4.75. The van der Waals surface area contributed by atoms with Crippen molar-refractivity contribution < 1.29 is 19.4 Å². The van der Waals surface area contributed by atoms with Gasteiger partial charge in [0.25, 0.3) is 0 Å². The van der Waals surface area contributed by atoms with E-state index in [4.69, 9.17) is 9.84 Å². The van der Waals surface area contributed by atoms with Crippen LogP contribution >= 0.6 is 0 Å². The molecule has 1 unspecified atom stereocenters. The quantitative estimate of drug-likeness (QED) is 0.688. The number of hydrogen-bond acceptors (Lipinski definition) is 3. The molecule has 0 radical (unpaired) electrons. The van der Waals surface area contributed by atoms with Crippen molar-refractivity contribution in [3.05, 3.63) is 24.3 Å². The summed E-state index contributed by atoms with van der Waals surface area (Å²) in [6.07, 6.45) is 1.28. The zero-order valence-corrected chi connectivity index (χ0v) is 12.4. The monoisotopic (exact) mass is 294 g/mol. The molecule has 0 aliphatic carbocycles. The van der Waals surface area contributed by atoms with Gasteiger partial charge in [0.05, 0.1) is 6.61 Å². The van der Waals surface area contributed by atoms with E-state index in [9.17, 15) is 9.59 Å². The predicted molar refractivity (Wildman–Crippen MR) is 80.7 cm³/mol. The van der Waals surface area contributed by atoms with E-state index in [1.54, 1.807) is 18.2 Å². The molecule has 0 aliphatic rings. The average molecular weight is 294 g/mol. The molecule has 1 aromatic carbocycles. The highest BCUT2D eigenvalue weighted by Crippen LogP contribution is 2.17. The molecule has 0 saturated carbocycles. The maximum Gasteiger partial charge on any atom is 0.319 e. The number of carboxylic acid groups (broad SMARTS) is 1. The zero-order valence-electron chi connectivity index (χ0n) is 12.4. The van der Waals surface area contributed by atoms with Gasteiger partial charge in [0.15, 0.2) is 0 Å². The summed E-state index contributed by atoms with van der Waals surface area (Å²) in [5.41, 5.74) is 0.649. The number of rotatable bonds is 8. The number of amides is 2. The Balaban J connectivity index is 2.38. The van der Waals surface area contributed by atoms with Gasteiger partial charge in [-0.05, 0) is 38.8 Å². The van der Waals surface area contributed by atoms with Crippen molar-refractivity contribution in [1.82, 2.24) is 5.32 Å². The smallest absolute Gasteiger partial charge is 0.319 e. The van der Waals surface area contributed by atoms with Gasteiger partial charge in [-0.2, -0.15) is 0 Å². The van der Waals surface area contributed by atoms with Gasteiger partial charge in [0.1, 0.15) is 5.75 Å². The second-order valence-corrected chi connectivity index (χ2v) is 4.75. The Morgan fingerprint density at radius 2 is 2.14 bits per heavy atom. The third kappa shape index (κ3) is 7.20. The molecule has 1 aromatic rings. The molecule has 6 heteroatoms. The molecule has 0 fully saturated rings. The van der Waals surface area contributed by atoms with Crippen LogP contribution < -0.4 is 15.4 Å². The molecule has 6 nitrogen and oxygen atoms in total. The first-order valence-electron chi connectivity index (χ1n) is 7.03. The van der Waals surface area contributed by atoms with Crippen LogP contribution in [0.15, 0.2) is 24.3 Å². The standard InChI is InChI=1S/C15H22N2O4/c1-3-21-13-8-5-7-12(10-13)17-15(20)16-11(2)6-4-9-14(18)19/h5,7-8,10-11H,3-4,6,9H2,1-2H3,(H,18,19)(H2,16,17,20). The summed E-state index contributed by atoms with van der Waals surface area (Å²) < 4.78 is 5.36. The van der Waals surface area contributed by atoms with Crippen LogP contribution in [-0.2, 0) is 4.79 Å². The summed E-state index contributed by atoms with van der Waals surface area (Å²) in [6.45, 7) is 4.31. The lowest BCUT2D eigenvalue weighted by molar-refractivity contribution is -0.137. The number of urea groups is 1. The topological polar surface area (TPSA) is 87.7 Å². The number of carbonyl (C=O) groups excluding carboxylic acids is 1. The minimum Gasteiger partial charge on any atom is -0.494 e. The van der Waals surface area contributed by atoms with Crippen LogP contribution in [0.2, 0.25) is 0 Å². The number of nitrogens with one attached hydrogen (secondary N) is 2. The first kappa shape index (κ1) is 16.8. The van der Waals surface area contributed by atoms with Crippen LogP contribution in [-0.4, -0.2) is 29.8 Å². The molecule has 1 rings (SSSR count). The molecule has 0 heterocycles. The molecule has 0 saturated heterocycles. The molecule has 0 bridgehead atoms. The van der Waals surface area contributed by atoms with Crippen molar-refractivity contribution in [3.8, 4) is 5.75 Å². The molecule has 2 amide bonds. The van der Waals surface area contributed by atoms with Crippen molar-refractivity contribution in [1.29, 1.82) is 0 Å². The van der Waals surface area contributed by atoms with Crippen LogP contribution in [0.1, 0.15) is 33.1 Å². The molecule has 1 atom stereocenters. The van der Waals surface area contributed by atoms with Gasteiger partial charge in [-0.25, -0.2) is 4.79 Å². The largest absolute Gasteiger partial charge is 0.494 e. The van der Waals surface area contributed by atoms with Gasteiger partial charge >= 0.3 is 12.0 Å². The van der Waals surface area contributed by atoms with E-state index >= 15 is 0 Å². The fraction of sp³-hybridized carbons (Fsp3) is 0.467. The maximum atomic E-state index is 11.8. The highest BCUT2D eigenvalue weighted by Gasteiger charge is 2.08. The minimum absolute atomic E-state index is 0.0839. The fourth-order valence-electron chi connectivity index (χ4n) is 1.85. The Morgan fingerprint density at radius 3 is 2.81 bits per heavy atom. The van der Waals surface area contributed by atoms with Crippen LogP contribution in [0.3, 0.4) is 0 Å². The Labute approximate surface area is 124 Å². The van der Waals surface area contributed by atoms with E-state index in [1.165, 1.54) is 0 Å². The first-order chi connectivity index (χ1) is 10.0. The van der Waals surface area contributed by atoms with Gasteiger partial charge in [0, 0.05) is 24.2 Å². The SMILES string of the molecule is CCOc1cccc(NC(=O)NC(C)CCCC(=O)O)c1. The lowest BCUT2D eigenvalue weighted by Crippen LogP contribution is -2.36. The summed E-state index contributed by atoms with van der Waals surface area (Å²) >= 11 is 0. The third-order valence-corrected chi connectivity index (χ3v) is 2.81. The van der Waals surface area contributed by atoms with Gasteiger partial charge in [0.2, 0.25) is 0 Å². The van der Waals surface area contributed by atoms with E-state index < -0.39 is 5.97 Å². The van der Waals surface area contributed by atoms with Crippen molar-refractivity contribution in [2.24, 2.45) is 0 Å². The molecule has 0 aliphatic heterocycles. The highest BCUT2D eigenvalue weighted by atomic mass is 16.5. The number of carboxylic acids is 1. The van der Waals surface area contributed by atoms with E-state index in [2.05, 4.69) is 10.6 Å². The Morgan fingerprint density at radius 1 is 1.38 bits per heavy atom. The first-order valence-corrected chi connectivity index (χ1v) is 7.03. The van der Waals surface area contributed by atoms with E-state index in [0.29, 0.717) is 30.9 Å². The summed E-state index contributed by atoms with van der Waals surface area (Å²) in [5.74, 6) is -0.121. The maximum absolute atomic E-state index is 11.8. The fourth-order valence-corrected chi connectivity index (χ4v) is 1.85. The van der Waals surface area contributed by atoms with Crippen LogP contribution in [0.5, 0.6) is 5.75 Å². The molecular formula is C15H22N2O4. The van der Waals surface area contributed by atoms with E-state index in [0.717, 1.165) is 0 Å². The number of anilines is 1. The normalized spacial score (nSPS) is 11.5. The number of benzene rings is 1. The Hall–Kier alpha value is -2.24. The van der Waals surface area contributed by atoms with Crippen LogP contribution in [0, 0.1) is 0 Å². The van der Waals surface area contributed by atoms with Crippen molar-refractivity contribution in [3.63, 3.8) is 0 Å². The van der Waals surface area contributed by atoms with Crippen molar-refractivity contribution >= 4 is 17.7 Å². The minimum atomic E-state index is -0.820. The average Bonchev–Trinajstić information content (AvgIpc) is 2.38. The van der Waals surface area contributed by atoms with Gasteiger partial charge < -0.3 is 20.5 Å². The third-order valence-electron chi connectivity index (χ3n) is 2.81. The van der Waals surface area contributed by atoms with Crippen molar-refractivity contribution in [2.75, 3.05) is 11.9 Å². The highest BCUT2D eigenvalue weighted by molar-refractivity contribution is 5.89. The van der Waals surface area contributed by atoms with E-state index in [1.807, 2.05) is 19.9 Å². The van der Waals surface area contributed by atoms with Gasteiger partial charge in [-0.15, -0.1) is 0 Å². The van der Waals surface area contributed by atoms with Gasteiger partial charge in [-0.3, -0.25) is 4.79 Å². The molecule has 0 aromatic heterocycles. The molecule has 116 valence electrons. The predicted octanol–water partition coefficient (Wildman–Crippen LogP) is 2.85. The lowest BCUT2D eigenvalue weighted by atomic mass is 10.1. The Kier molecular flexibility index (Phi) is 7.08. The summed E-state index contributed by atoms with van der Waals surface area (Å²) in [7, 11) is 0. The second kappa shape index (κ2) is 8.84. The van der Waals surface area contributed by atoms with Crippen LogP contribution in [0.25, 0.3) is 0 Å². The zero-order chi connectivity index (χ0) is 15.7. The van der Waals surface area contributed by atoms with Gasteiger partial charge in [-0.1, -0.05) is 6.07 Å². The molecule has 21 heavy (non-hydrogen) atoms. The summed E-state index contributed by atoms with van der Waals surface area (Å²) in [4.78, 5) is 22.2. The Bertz CT molecular complexity index is 476. The van der Waals surface area contributed by atoms with Crippen LogP contribution in [0.4, 0.5) is 10.5 Å². The molecule has 0 spiro atoms. The summed E-state index contributed by atoms with van der Waals surface area (Å²) in [6, 6.07) is 6.75. The van der Waals surface area contributed by atoms with E-state index in [-0.39, 0.29) is 18.5 Å².